The molecule has 3 N–H and O–H groups in total. The summed E-state index contributed by atoms with van der Waals surface area (Å²) in [6.07, 6.45) is 1.50. The summed E-state index contributed by atoms with van der Waals surface area (Å²) in [6.45, 7) is 4.80. The lowest BCUT2D eigenvalue weighted by Crippen LogP contribution is -2.32. The van der Waals surface area contributed by atoms with Crippen molar-refractivity contribution in [1.82, 2.24) is 0 Å². The van der Waals surface area contributed by atoms with Gasteiger partial charge in [-0.3, -0.25) is 0 Å². The summed E-state index contributed by atoms with van der Waals surface area (Å²) in [5.41, 5.74) is 6.98. The summed E-state index contributed by atoms with van der Waals surface area (Å²) in [6, 6.07) is 2.12. The van der Waals surface area contributed by atoms with E-state index in [1.54, 1.807) is 11.3 Å². The van der Waals surface area contributed by atoms with E-state index in [2.05, 4.69) is 30.7 Å². The van der Waals surface area contributed by atoms with Crippen LogP contribution in [0.5, 0.6) is 0 Å². The highest BCUT2D eigenvalue weighted by molar-refractivity contribution is 7.07. The number of aryl methyl sites for hydroxylation is 1. The molecule has 0 saturated carbocycles. The Labute approximate surface area is 96.1 Å². The van der Waals surface area contributed by atoms with Crippen LogP contribution in [0.25, 0.3) is 0 Å². The highest BCUT2D eigenvalue weighted by Gasteiger charge is 2.20. The van der Waals surface area contributed by atoms with Gasteiger partial charge in [-0.1, -0.05) is 13.8 Å². The van der Waals surface area contributed by atoms with E-state index in [0.717, 1.165) is 12.8 Å². The Hall–Kier alpha value is -0.380. The minimum atomic E-state index is -0.269. The molecule has 0 aliphatic rings. The van der Waals surface area contributed by atoms with Crippen molar-refractivity contribution in [3.8, 4) is 0 Å². The lowest BCUT2D eigenvalue weighted by Gasteiger charge is -2.24. The SMILES string of the molecule is CC(C)C(CN)C(O)CCc1ccsc1. The fraction of sp³-hybridized carbons (Fsp3) is 0.667. The minimum absolute atomic E-state index is 0.226. The molecule has 0 bridgehead atoms. The van der Waals surface area contributed by atoms with E-state index in [1.807, 2.05) is 0 Å². The molecule has 0 amide bonds. The van der Waals surface area contributed by atoms with Gasteiger partial charge in [0.25, 0.3) is 0 Å². The standard InChI is InChI=1S/C12H21NOS/c1-9(2)11(7-13)12(14)4-3-10-5-6-15-8-10/h5-6,8-9,11-12,14H,3-4,7,13H2,1-2H3. The molecule has 0 fully saturated rings. The average Bonchev–Trinajstić information content (AvgIpc) is 2.67. The van der Waals surface area contributed by atoms with Crippen molar-refractivity contribution in [2.45, 2.75) is 32.8 Å². The molecule has 2 unspecified atom stereocenters. The lowest BCUT2D eigenvalue weighted by molar-refractivity contribution is 0.0786. The van der Waals surface area contributed by atoms with Crippen LogP contribution in [-0.4, -0.2) is 17.8 Å². The zero-order valence-electron chi connectivity index (χ0n) is 9.52. The zero-order valence-corrected chi connectivity index (χ0v) is 10.3. The number of hydrogen-bond donors (Lipinski definition) is 2. The molecule has 0 aromatic carbocycles. The van der Waals surface area contributed by atoms with Gasteiger partial charge in [0.05, 0.1) is 6.10 Å². The summed E-state index contributed by atoms with van der Waals surface area (Å²) in [4.78, 5) is 0. The highest BCUT2D eigenvalue weighted by Crippen LogP contribution is 2.19. The maximum Gasteiger partial charge on any atom is 0.0586 e. The van der Waals surface area contributed by atoms with Gasteiger partial charge in [-0.15, -0.1) is 0 Å². The average molecular weight is 227 g/mol. The molecule has 2 atom stereocenters. The highest BCUT2D eigenvalue weighted by atomic mass is 32.1. The van der Waals surface area contributed by atoms with E-state index >= 15 is 0 Å². The summed E-state index contributed by atoms with van der Waals surface area (Å²) < 4.78 is 0. The Morgan fingerprint density at radius 2 is 2.20 bits per heavy atom. The predicted molar refractivity (Wildman–Crippen MR) is 66.0 cm³/mol. The van der Waals surface area contributed by atoms with Crippen molar-refractivity contribution in [1.29, 1.82) is 0 Å². The zero-order chi connectivity index (χ0) is 11.3. The van der Waals surface area contributed by atoms with Crippen LogP contribution in [0.4, 0.5) is 0 Å². The molecule has 1 aromatic rings. The molecule has 86 valence electrons. The Kier molecular flexibility index (Phi) is 5.29. The summed E-state index contributed by atoms with van der Waals surface area (Å²) in [7, 11) is 0. The number of aliphatic hydroxyl groups excluding tert-OH is 1. The second kappa shape index (κ2) is 6.26. The number of hydrogen-bond acceptors (Lipinski definition) is 3. The van der Waals surface area contributed by atoms with Crippen LogP contribution in [0.3, 0.4) is 0 Å². The molecule has 0 saturated heterocycles. The van der Waals surface area contributed by atoms with Crippen LogP contribution < -0.4 is 5.73 Å². The van der Waals surface area contributed by atoms with Crippen molar-refractivity contribution in [2.75, 3.05) is 6.54 Å². The van der Waals surface area contributed by atoms with Crippen LogP contribution in [0, 0.1) is 11.8 Å². The van der Waals surface area contributed by atoms with E-state index < -0.39 is 0 Å². The second-order valence-corrected chi connectivity index (χ2v) is 5.16. The number of thiophene rings is 1. The largest absolute Gasteiger partial charge is 0.393 e. The van der Waals surface area contributed by atoms with E-state index in [1.165, 1.54) is 5.56 Å². The fourth-order valence-corrected chi connectivity index (χ4v) is 2.54. The monoisotopic (exact) mass is 227 g/mol. The van der Waals surface area contributed by atoms with Gasteiger partial charge in [0, 0.05) is 0 Å². The van der Waals surface area contributed by atoms with Crippen molar-refractivity contribution in [2.24, 2.45) is 17.6 Å². The Bertz CT molecular complexity index is 259. The van der Waals surface area contributed by atoms with Gasteiger partial charge in [-0.2, -0.15) is 11.3 Å². The first-order valence-corrected chi connectivity index (χ1v) is 6.48. The summed E-state index contributed by atoms with van der Waals surface area (Å²) in [5.74, 6) is 0.677. The number of nitrogens with two attached hydrogens (primary N) is 1. The Morgan fingerprint density at radius 3 is 2.67 bits per heavy atom. The van der Waals surface area contributed by atoms with Gasteiger partial charge < -0.3 is 10.8 Å². The molecule has 0 aliphatic heterocycles. The maximum atomic E-state index is 10.0. The molecule has 0 spiro atoms. The normalized spacial score (nSPS) is 15.5. The van der Waals surface area contributed by atoms with Gasteiger partial charge in [0.1, 0.15) is 0 Å². The molecule has 1 aromatic heterocycles. The van der Waals surface area contributed by atoms with Crippen molar-refractivity contribution in [3.05, 3.63) is 22.4 Å². The third-order valence-electron chi connectivity index (χ3n) is 2.93. The smallest absolute Gasteiger partial charge is 0.0586 e. The van der Waals surface area contributed by atoms with Gasteiger partial charge in [-0.05, 0) is 53.6 Å². The predicted octanol–water partition coefficient (Wildman–Crippen LogP) is 2.27. The molecule has 0 radical (unpaired) electrons. The molecule has 0 aliphatic carbocycles. The van der Waals surface area contributed by atoms with E-state index in [-0.39, 0.29) is 12.0 Å². The van der Waals surface area contributed by atoms with Crippen LogP contribution in [0.15, 0.2) is 16.8 Å². The summed E-state index contributed by atoms with van der Waals surface area (Å²) in [5, 5.41) is 14.2. The molecule has 3 heteroatoms. The molecule has 1 rings (SSSR count). The van der Waals surface area contributed by atoms with Crippen molar-refractivity contribution in [3.63, 3.8) is 0 Å². The van der Waals surface area contributed by atoms with Crippen molar-refractivity contribution >= 4 is 11.3 Å². The van der Waals surface area contributed by atoms with Gasteiger partial charge >= 0.3 is 0 Å². The number of aliphatic hydroxyl groups is 1. The number of rotatable bonds is 6. The first kappa shape index (κ1) is 12.7. The molecule has 15 heavy (non-hydrogen) atoms. The molecular formula is C12H21NOS. The second-order valence-electron chi connectivity index (χ2n) is 4.38. The van der Waals surface area contributed by atoms with Crippen LogP contribution >= 0.6 is 11.3 Å². The topological polar surface area (TPSA) is 46.2 Å². The lowest BCUT2D eigenvalue weighted by atomic mass is 9.87. The Balaban J connectivity index is 2.37. The third kappa shape index (κ3) is 3.93. The van der Waals surface area contributed by atoms with Gasteiger partial charge in [0.2, 0.25) is 0 Å². The van der Waals surface area contributed by atoms with Gasteiger partial charge in [0.15, 0.2) is 0 Å². The van der Waals surface area contributed by atoms with Crippen LogP contribution in [0.2, 0.25) is 0 Å². The fourth-order valence-electron chi connectivity index (χ4n) is 1.84. The first-order chi connectivity index (χ1) is 7.15. The molecular weight excluding hydrogens is 206 g/mol. The molecule has 2 nitrogen and oxygen atoms in total. The molecule has 1 heterocycles. The van der Waals surface area contributed by atoms with E-state index in [9.17, 15) is 5.11 Å². The summed E-state index contributed by atoms with van der Waals surface area (Å²) >= 11 is 1.71. The van der Waals surface area contributed by atoms with Crippen molar-refractivity contribution < 1.29 is 5.11 Å². The first-order valence-electron chi connectivity index (χ1n) is 5.54. The minimum Gasteiger partial charge on any atom is -0.393 e. The van der Waals surface area contributed by atoms with E-state index in [0.29, 0.717) is 12.5 Å². The quantitative estimate of drug-likeness (QED) is 0.783. The third-order valence-corrected chi connectivity index (χ3v) is 3.66. The Morgan fingerprint density at radius 1 is 1.47 bits per heavy atom. The van der Waals surface area contributed by atoms with E-state index in [4.69, 9.17) is 5.73 Å². The van der Waals surface area contributed by atoms with Gasteiger partial charge in [-0.25, -0.2) is 0 Å². The van der Waals surface area contributed by atoms with Crippen LogP contribution in [-0.2, 0) is 6.42 Å². The maximum absolute atomic E-state index is 10.0. The van der Waals surface area contributed by atoms with Crippen LogP contribution in [0.1, 0.15) is 25.8 Å².